The highest BCUT2D eigenvalue weighted by Gasteiger charge is 2.46. The van der Waals surface area contributed by atoms with Crippen LogP contribution in [0.5, 0.6) is 11.5 Å². The standard InChI is InChI=1S/2C20H30O5Si/c2*1-24-16-8-5-14(6-9-16)19(22)17-10-7-15(13-21)18(17)20(23)25-11-12-26(2,3)4/h2*5-6,8-9,15,17-18,21H,7,10-13H2,1-4H3/t15-,17-,18?;15-,17-,18-/m10/s1. The molecule has 0 bridgehead atoms. The van der Waals surface area contributed by atoms with Crippen molar-refractivity contribution >= 4 is 39.7 Å². The number of aliphatic hydroxyl groups excluding tert-OH is 2. The Morgan fingerprint density at radius 3 is 1.17 bits per heavy atom. The van der Waals surface area contributed by atoms with Crippen molar-refractivity contribution in [1.82, 2.24) is 0 Å². The average Bonchev–Trinajstić information content (AvgIpc) is 3.75. The molecule has 2 fully saturated rings. The summed E-state index contributed by atoms with van der Waals surface area (Å²) in [5, 5.41) is 19.3. The molecule has 0 amide bonds. The molecule has 2 aliphatic carbocycles. The summed E-state index contributed by atoms with van der Waals surface area (Å²) in [5.74, 6) is -1.83. The van der Waals surface area contributed by atoms with Gasteiger partial charge in [-0.15, -0.1) is 0 Å². The maximum atomic E-state index is 12.9. The lowest BCUT2D eigenvalue weighted by atomic mass is 9.84. The number of carbonyl (C=O) groups is 4. The van der Waals surface area contributed by atoms with Crippen LogP contribution in [-0.4, -0.2) is 90.5 Å². The maximum Gasteiger partial charge on any atom is 0.310 e. The molecule has 6 atom stereocenters. The third-order valence-corrected chi connectivity index (χ3v) is 13.6. The van der Waals surface area contributed by atoms with E-state index in [-0.39, 0.29) is 48.6 Å². The van der Waals surface area contributed by atoms with Gasteiger partial charge in [0.2, 0.25) is 0 Å². The lowest BCUT2D eigenvalue weighted by molar-refractivity contribution is -0.151. The Morgan fingerprint density at radius 2 is 0.904 bits per heavy atom. The predicted octanol–water partition coefficient (Wildman–Crippen LogP) is 6.79. The molecule has 52 heavy (non-hydrogen) atoms. The van der Waals surface area contributed by atoms with Gasteiger partial charge in [-0.2, -0.15) is 0 Å². The highest BCUT2D eigenvalue weighted by Crippen LogP contribution is 2.41. The first kappa shape index (κ1) is 43.1. The van der Waals surface area contributed by atoms with Crippen LogP contribution in [0.2, 0.25) is 51.4 Å². The van der Waals surface area contributed by atoms with Crippen LogP contribution in [0.1, 0.15) is 46.4 Å². The summed E-state index contributed by atoms with van der Waals surface area (Å²) >= 11 is 0. The van der Waals surface area contributed by atoms with E-state index in [2.05, 4.69) is 39.3 Å². The first-order valence-electron chi connectivity index (χ1n) is 18.4. The zero-order valence-corrected chi connectivity index (χ0v) is 34.3. The van der Waals surface area contributed by atoms with Gasteiger partial charge in [0.15, 0.2) is 11.6 Å². The highest BCUT2D eigenvalue weighted by atomic mass is 28.3. The van der Waals surface area contributed by atoms with E-state index in [1.54, 1.807) is 62.8 Å². The second-order valence-corrected chi connectivity index (χ2v) is 27.7. The molecule has 2 N–H and O–H groups in total. The van der Waals surface area contributed by atoms with Crippen molar-refractivity contribution < 1.29 is 48.3 Å². The lowest BCUT2D eigenvalue weighted by Gasteiger charge is -2.23. The van der Waals surface area contributed by atoms with Gasteiger partial charge in [0.05, 0.1) is 39.3 Å². The molecule has 12 heteroatoms. The molecule has 0 saturated heterocycles. The van der Waals surface area contributed by atoms with Gasteiger partial charge in [0.25, 0.3) is 0 Å². The zero-order chi connectivity index (χ0) is 38.6. The monoisotopic (exact) mass is 756 g/mol. The second-order valence-electron chi connectivity index (χ2n) is 16.4. The summed E-state index contributed by atoms with van der Waals surface area (Å²) in [6, 6.07) is 15.7. The minimum atomic E-state index is -1.29. The molecule has 4 rings (SSSR count). The summed E-state index contributed by atoms with van der Waals surface area (Å²) in [6.45, 7) is 13.9. The molecule has 2 aromatic carbocycles. The summed E-state index contributed by atoms with van der Waals surface area (Å²) in [6.07, 6.45) is 2.53. The van der Waals surface area contributed by atoms with Crippen LogP contribution in [-0.2, 0) is 19.1 Å². The van der Waals surface area contributed by atoms with Crippen molar-refractivity contribution in [3.05, 3.63) is 59.7 Å². The number of benzene rings is 2. The third kappa shape index (κ3) is 12.4. The van der Waals surface area contributed by atoms with E-state index >= 15 is 0 Å². The molecule has 288 valence electrons. The number of aliphatic hydroxyl groups is 2. The quantitative estimate of drug-likeness (QED) is 0.107. The van der Waals surface area contributed by atoms with Gasteiger partial charge in [-0.05, 0) is 98.1 Å². The summed E-state index contributed by atoms with van der Waals surface area (Å²) in [5.41, 5.74) is 1.13. The Bertz CT molecular complexity index is 1350. The molecular weight excluding hydrogens is 697 g/mol. The van der Waals surface area contributed by atoms with Gasteiger partial charge in [-0.1, -0.05) is 39.3 Å². The fourth-order valence-corrected chi connectivity index (χ4v) is 8.35. The van der Waals surface area contributed by atoms with Crippen LogP contribution in [0.3, 0.4) is 0 Å². The number of carbonyl (C=O) groups excluding carboxylic acids is 4. The number of ether oxygens (including phenoxy) is 4. The Balaban J connectivity index is 0.000000280. The van der Waals surface area contributed by atoms with Crippen LogP contribution in [0, 0.1) is 35.5 Å². The molecular formula is C40H60O10Si2. The van der Waals surface area contributed by atoms with Crippen molar-refractivity contribution in [2.45, 2.75) is 77.1 Å². The van der Waals surface area contributed by atoms with E-state index in [0.717, 1.165) is 12.1 Å². The first-order chi connectivity index (χ1) is 24.5. The van der Waals surface area contributed by atoms with Crippen molar-refractivity contribution in [1.29, 1.82) is 0 Å². The number of methoxy groups -OCH3 is 2. The number of hydrogen-bond donors (Lipinski definition) is 2. The molecule has 0 aliphatic heterocycles. The van der Waals surface area contributed by atoms with E-state index in [0.29, 0.717) is 61.5 Å². The minimum Gasteiger partial charge on any atom is -0.497 e. The average molecular weight is 757 g/mol. The van der Waals surface area contributed by atoms with Crippen LogP contribution in [0.4, 0.5) is 0 Å². The van der Waals surface area contributed by atoms with Gasteiger partial charge in [0, 0.05) is 52.3 Å². The van der Waals surface area contributed by atoms with Crippen LogP contribution in [0.25, 0.3) is 0 Å². The number of hydrogen-bond acceptors (Lipinski definition) is 10. The van der Waals surface area contributed by atoms with Gasteiger partial charge in [-0.25, -0.2) is 0 Å². The number of rotatable bonds is 16. The van der Waals surface area contributed by atoms with Crippen molar-refractivity contribution in [2.24, 2.45) is 35.5 Å². The van der Waals surface area contributed by atoms with Crippen molar-refractivity contribution in [2.75, 3.05) is 40.6 Å². The molecule has 1 unspecified atom stereocenters. The van der Waals surface area contributed by atoms with E-state index < -0.39 is 39.8 Å². The summed E-state index contributed by atoms with van der Waals surface area (Å²) in [4.78, 5) is 51.2. The van der Waals surface area contributed by atoms with Crippen LogP contribution in [0.15, 0.2) is 48.5 Å². The molecule has 0 heterocycles. The molecule has 2 aliphatic rings. The van der Waals surface area contributed by atoms with Crippen LogP contribution < -0.4 is 9.47 Å². The number of Topliss-reactive ketones (excluding diaryl/α,β-unsaturated/α-hetero) is 2. The maximum absolute atomic E-state index is 12.9. The first-order valence-corrected chi connectivity index (χ1v) is 25.9. The second kappa shape index (κ2) is 19.7. The molecule has 0 radical (unpaired) electrons. The van der Waals surface area contributed by atoms with Gasteiger partial charge in [0.1, 0.15) is 11.5 Å². The Morgan fingerprint density at radius 1 is 0.577 bits per heavy atom. The largest absolute Gasteiger partial charge is 0.497 e. The Kier molecular flexibility index (Phi) is 16.3. The van der Waals surface area contributed by atoms with Gasteiger partial charge >= 0.3 is 11.9 Å². The zero-order valence-electron chi connectivity index (χ0n) is 32.3. The van der Waals surface area contributed by atoms with Crippen molar-refractivity contribution in [3.63, 3.8) is 0 Å². The smallest absolute Gasteiger partial charge is 0.310 e. The predicted molar refractivity (Wildman–Crippen MR) is 206 cm³/mol. The molecule has 0 spiro atoms. The number of esters is 2. The van der Waals surface area contributed by atoms with Crippen LogP contribution >= 0.6 is 0 Å². The molecule has 2 saturated carbocycles. The SMILES string of the molecule is COc1ccc(C(=O)[C@@H]2CC[C@H](CO)C2C(=O)OCC[Si](C)(C)C)cc1.COc1ccc(C(=O)[C@H]2CC[C@@H](CO)[C@@H]2C(=O)OCC[Si](C)(C)C)cc1. The van der Waals surface area contributed by atoms with Gasteiger partial charge in [-0.3, -0.25) is 19.2 Å². The third-order valence-electron chi connectivity index (χ3n) is 10.2. The van der Waals surface area contributed by atoms with E-state index in [1.807, 2.05) is 0 Å². The van der Waals surface area contributed by atoms with E-state index in [9.17, 15) is 29.4 Å². The fraction of sp³-hybridized carbons (Fsp3) is 0.600. The fourth-order valence-electron chi connectivity index (χ4n) is 6.92. The summed E-state index contributed by atoms with van der Waals surface area (Å²) < 4.78 is 21.2. The minimum absolute atomic E-state index is 0.0595. The molecule has 2 aromatic rings. The Hall–Kier alpha value is -3.33. The number of ketones is 2. The molecule has 0 aromatic heterocycles. The molecule has 10 nitrogen and oxygen atoms in total. The Labute approximate surface area is 311 Å². The van der Waals surface area contributed by atoms with E-state index in [4.69, 9.17) is 18.9 Å². The lowest BCUT2D eigenvalue weighted by Crippen LogP contribution is -2.33. The van der Waals surface area contributed by atoms with Crippen molar-refractivity contribution in [3.8, 4) is 11.5 Å². The normalized spacial score (nSPS) is 22.9. The summed E-state index contributed by atoms with van der Waals surface area (Å²) in [7, 11) is 0.561. The topological polar surface area (TPSA) is 146 Å². The van der Waals surface area contributed by atoms with Gasteiger partial charge < -0.3 is 29.2 Å². The highest BCUT2D eigenvalue weighted by molar-refractivity contribution is 6.76. The van der Waals surface area contributed by atoms with E-state index in [1.165, 1.54) is 0 Å².